The predicted octanol–water partition coefficient (Wildman–Crippen LogP) is 6.53. The molecular formula is C29H23F6NO4S3. The van der Waals surface area contributed by atoms with Gasteiger partial charge in [-0.05, 0) is 60.4 Å². The fourth-order valence-corrected chi connectivity index (χ4v) is 9.64. The van der Waals surface area contributed by atoms with Crippen LogP contribution in [-0.2, 0) is 16.7 Å². The lowest BCUT2D eigenvalue weighted by atomic mass is 9.71. The zero-order valence-corrected chi connectivity index (χ0v) is 25.0. The predicted molar refractivity (Wildman–Crippen MR) is 151 cm³/mol. The van der Waals surface area contributed by atoms with Gasteiger partial charge in [0.2, 0.25) is 0 Å². The molecule has 1 saturated carbocycles. The van der Waals surface area contributed by atoms with Gasteiger partial charge in [0.1, 0.15) is 12.3 Å². The summed E-state index contributed by atoms with van der Waals surface area (Å²) in [6.07, 6.45) is 5.83. The molecule has 6 rings (SSSR count). The Balaban J connectivity index is 1.48. The molecule has 2 aromatic rings. The maximum absolute atomic E-state index is 15.5. The minimum absolute atomic E-state index is 0.0439. The third-order valence-corrected chi connectivity index (χ3v) is 12.6. The number of aryl methyl sites for hydroxylation is 1. The quantitative estimate of drug-likeness (QED) is 0.216. The van der Waals surface area contributed by atoms with Crippen molar-refractivity contribution in [2.45, 2.75) is 54.1 Å². The first kappa shape index (κ1) is 30.4. The second-order valence-corrected chi connectivity index (χ2v) is 15.5. The third kappa shape index (κ3) is 4.26. The van der Waals surface area contributed by atoms with Gasteiger partial charge in [-0.25, -0.2) is 13.0 Å². The second kappa shape index (κ2) is 9.41. The van der Waals surface area contributed by atoms with E-state index < -0.39 is 54.3 Å². The van der Waals surface area contributed by atoms with E-state index >= 15 is 17.6 Å². The standard InChI is InChI=1S/C29H23F6NO4S3/c1-25-19(14-21(41-25)16-4-6-18(37)7-5-16)23-24(28(32,33)29(34,35)27(23,30)31)20-15-22(42-26(20,25)2)17-8-11-36(12-9-17)10-3-13-43(38,39)40/h4-9,11-12,14-15H,3,10,13H2,1-2H3,(H,38,39,40)/t25-,26-/m1/s1. The monoisotopic (exact) mass is 659 g/mol. The molecule has 0 bridgehead atoms. The van der Waals surface area contributed by atoms with Gasteiger partial charge in [0, 0.05) is 45.3 Å². The zero-order chi connectivity index (χ0) is 31.4. The van der Waals surface area contributed by atoms with E-state index in [-0.39, 0.29) is 29.9 Å². The first-order valence-corrected chi connectivity index (χ1v) is 16.2. The lowest BCUT2D eigenvalue weighted by molar-refractivity contribution is -0.696. The zero-order valence-electron chi connectivity index (χ0n) is 22.5. The van der Waals surface area contributed by atoms with Crippen LogP contribution in [-0.4, -0.2) is 51.1 Å². The van der Waals surface area contributed by atoms with Crippen LogP contribution in [0.1, 0.15) is 31.4 Å². The Morgan fingerprint density at radius 1 is 0.791 bits per heavy atom. The number of aromatic hydroxyl groups is 1. The van der Waals surface area contributed by atoms with Crippen LogP contribution >= 0.6 is 23.5 Å². The molecule has 0 saturated heterocycles. The third-order valence-electron chi connectivity index (χ3n) is 8.46. The number of fused-ring (bicyclic) bond motifs is 4. The van der Waals surface area contributed by atoms with E-state index in [1.165, 1.54) is 36.4 Å². The van der Waals surface area contributed by atoms with E-state index in [0.717, 1.165) is 23.5 Å². The van der Waals surface area contributed by atoms with Crippen molar-refractivity contribution in [2.75, 3.05) is 5.75 Å². The smallest absolute Gasteiger partial charge is 0.380 e. The van der Waals surface area contributed by atoms with Crippen LogP contribution in [0.5, 0.6) is 5.75 Å². The summed E-state index contributed by atoms with van der Waals surface area (Å²) in [5, 5.41) is 9.70. The molecule has 14 heteroatoms. The number of benzene rings is 1. The number of phenolic OH excluding ortho intramolecular Hbond substituents is 1. The first-order valence-electron chi connectivity index (χ1n) is 13.0. The van der Waals surface area contributed by atoms with Crippen molar-refractivity contribution in [1.82, 2.24) is 0 Å². The average Bonchev–Trinajstić information content (AvgIpc) is 3.49. The molecule has 43 heavy (non-hydrogen) atoms. The molecule has 2 aliphatic carbocycles. The van der Waals surface area contributed by atoms with E-state index in [4.69, 9.17) is 0 Å². The lowest BCUT2D eigenvalue weighted by Crippen LogP contribution is -2.48. The Bertz CT molecular complexity index is 1780. The van der Waals surface area contributed by atoms with Crippen LogP contribution in [0.3, 0.4) is 0 Å². The Morgan fingerprint density at radius 3 is 1.67 bits per heavy atom. The van der Waals surface area contributed by atoms with Gasteiger partial charge in [-0.1, -0.05) is 12.1 Å². The van der Waals surface area contributed by atoms with Gasteiger partial charge >= 0.3 is 17.8 Å². The van der Waals surface area contributed by atoms with Gasteiger partial charge in [-0.2, -0.15) is 26.3 Å². The Morgan fingerprint density at radius 2 is 1.23 bits per heavy atom. The topological polar surface area (TPSA) is 81.3 Å². The number of thioether (sulfide) groups is 2. The van der Waals surface area contributed by atoms with Gasteiger partial charge in [-0.3, -0.25) is 0 Å². The molecule has 2 aliphatic heterocycles. The van der Waals surface area contributed by atoms with Crippen molar-refractivity contribution in [1.29, 1.82) is 0 Å². The number of phenols is 1. The Kier molecular flexibility index (Phi) is 6.64. The van der Waals surface area contributed by atoms with Crippen LogP contribution in [0, 0.1) is 0 Å². The number of halogens is 6. The Labute approximate surface area is 251 Å². The summed E-state index contributed by atoms with van der Waals surface area (Å²) in [7, 11) is -4.37. The number of pyridine rings is 1. The number of hydrogen-bond donors (Lipinski definition) is 1. The van der Waals surface area contributed by atoms with E-state index in [2.05, 4.69) is 0 Å². The highest BCUT2D eigenvalue weighted by Crippen LogP contribution is 2.75. The van der Waals surface area contributed by atoms with Crippen molar-refractivity contribution in [3.05, 3.63) is 94.4 Å². The van der Waals surface area contributed by atoms with Crippen LogP contribution in [0.15, 0.2) is 83.2 Å². The number of alkyl halides is 6. The highest BCUT2D eigenvalue weighted by atomic mass is 32.2. The summed E-state index contributed by atoms with van der Waals surface area (Å²) in [5.74, 6) is -16.5. The minimum Gasteiger partial charge on any atom is -0.748 e. The van der Waals surface area contributed by atoms with Crippen molar-refractivity contribution in [3.63, 3.8) is 0 Å². The normalized spacial score (nSPS) is 28.4. The van der Waals surface area contributed by atoms with E-state index in [1.807, 2.05) is 0 Å². The molecule has 0 spiro atoms. The molecule has 1 N–H and O–H groups in total. The van der Waals surface area contributed by atoms with Gasteiger partial charge in [-0.15, -0.1) is 23.5 Å². The van der Waals surface area contributed by atoms with Crippen molar-refractivity contribution < 1.29 is 49.0 Å². The maximum Gasteiger partial charge on any atom is 0.380 e. The number of aromatic nitrogens is 1. The fourth-order valence-electron chi connectivity index (χ4n) is 6.01. The molecule has 4 aliphatic rings. The van der Waals surface area contributed by atoms with Crippen LogP contribution in [0.25, 0.3) is 9.81 Å². The molecule has 5 nitrogen and oxygen atoms in total. The number of allylic oxidation sites excluding steroid dienone is 4. The molecule has 228 valence electrons. The van der Waals surface area contributed by atoms with Crippen molar-refractivity contribution in [2.24, 2.45) is 0 Å². The SMILES string of the molecule is C[C@@]12SC(c3ccc(O)cc3)=CC1=C1C(=C3C=C(c4cc[n+](CCCS(=O)(=O)[O-])cc4)S[C@]32C)C(F)(F)C(F)(F)C1(F)F. The van der Waals surface area contributed by atoms with Gasteiger partial charge < -0.3 is 9.66 Å². The molecule has 1 fully saturated rings. The maximum atomic E-state index is 15.5. The highest BCUT2D eigenvalue weighted by Gasteiger charge is 2.84. The Hall–Kier alpha value is -2.68. The number of nitrogens with zero attached hydrogens (tertiary/aromatic N) is 1. The summed E-state index contributed by atoms with van der Waals surface area (Å²) in [6.45, 7) is 3.41. The summed E-state index contributed by atoms with van der Waals surface area (Å²) in [4.78, 5) is 0.824. The van der Waals surface area contributed by atoms with Crippen molar-refractivity contribution in [3.8, 4) is 5.75 Å². The minimum atomic E-state index is -5.66. The van der Waals surface area contributed by atoms with E-state index in [1.54, 1.807) is 42.9 Å². The summed E-state index contributed by atoms with van der Waals surface area (Å²) in [6, 6.07) is 9.06. The summed E-state index contributed by atoms with van der Waals surface area (Å²) >= 11 is 2.25. The average molecular weight is 660 g/mol. The molecule has 0 unspecified atom stereocenters. The van der Waals surface area contributed by atoms with E-state index in [9.17, 15) is 26.9 Å². The second-order valence-electron chi connectivity index (χ2n) is 11.1. The molecule has 1 aromatic carbocycles. The van der Waals surface area contributed by atoms with Crippen LogP contribution in [0.2, 0.25) is 0 Å². The molecule has 3 heterocycles. The number of rotatable bonds is 6. The van der Waals surface area contributed by atoms with Gasteiger partial charge in [0.05, 0.1) is 19.6 Å². The van der Waals surface area contributed by atoms with Crippen molar-refractivity contribution >= 4 is 43.5 Å². The van der Waals surface area contributed by atoms with E-state index in [0.29, 0.717) is 20.9 Å². The summed E-state index contributed by atoms with van der Waals surface area (Å²) < 4.78 is 123. The number of hydrogen-bond acceptors (Lipinski definition) is 6. The van der Waals surface area contributed by atoms with Gasteiger partial charge in [0.15, 0.2) is 12.4 Å². The first-order chi connectivity index (χ1) is 19.8. The highest BCUT2D eigenvalue weighted by molar-refractivity contribution is 8.14. The lowest BCUT2D eigenvalue weighted by Gasteiger charge is -2.47. The molecule has 1 aromatic heterocycles. The van der Waals surface area contributed by atoms with Crippen LogP contribution in [0.4, 0.5) is 26.3 Å². The molecular weight excluding hydrogens is 637 g/mol. The van der Waals surface area contributed by atoms with Crippen LogP contribution < -0.4 is 4.57 Å². The molecule has 0 amide bonds. The molecule has 2 atom stereocenters. The molecule has 0 radical (unpaired) electrons. The largest absolute Gasteiger partial charge is 0.748 e. The van der Waals surface area contributed by atoms with Gasteiger partial charge in [0.25, 0.3) is 0 Å². The fraction of sp³-hybridized carbons (Fsp3) is 0.345. The summed E-state index contributed by atoms with van der Waals surface area (Å²) in [5.41, 5.74) is -2.26.